The van der Waals surface area contributed by atoms with Gasteiger partial charge in [-0.25, -0.2) is 0 Å². The molecule has 0 saturated carbocycles. The fourth-order valence-electron chi connectivity index (χ4n) is 2.75. The van der Waals surface area contributed by atoms with Gasteiger partial charge in [-0.15, -0.1) is 10.2 Å². The molecule has 0 saturated heterocycles. The van der Waals surface area contributed by atoms with Gasteiger partial charge in [0.25, 0.3) is 0 Å². The summed E-state index contributed by atoms with van der Waals surface area (Å²) in [7, 11) is 1.58. The smallest absolute Gasteiger partial charge is 0.233 e. The highest BCUT2D eigenvalue weighted by atomic mass is 35.5. The number of halogens is 2. The number of aromatic nitrogens is 3. The van der Waals surface area contributed by atoms with Gasteiger partial charge in [0.05, 0.1) is 18.0 Å². The summed E-state index contributed by atoms with van der Waals surface area (Å²) in [5.74, 6) is 1.10. The average molecular weight is 451 g/mol. The summed E-state index contributed by atoms with van der Waals surface area (Å²) in [5, 5.41) is 12.8. The Bertz CT molecular complexity index is 1030. The predicted octanol–water partition coefficient (Wildman–Crippen LogP) is 4.87. The Balaban J connectivity index is 2.16. The quantitative estimate of drug-likeness (QED) is 0.520. The minimum absolute atomic E-state index is 0.0746. The molecule has 3 rings (SSSR count). The van der Waals surface area contributed by atoms with Crippen molar-refractivity contribution in [3.63, 3.8) is 0 Å². The van der Waals surface area contributed by atoms with Crippen LogP contribution < -0.4 is 10.1 Å². The highest BCUT2D eigenvalue weighted by Crippen LogP contribution is 2.35. The van der Waals surface area contributed by atoms with Gasteiger partial charge in [0.1, 0.15) is 5.75 Å². The molecular formula is C20H20Cl2N4O2S. The van der Waals surface area contributed by atoms with Crippen LogP contribution in [0.3, 0.4) is 0 Å². The number of amides is 1. The fourth-order valence-corrected chi connectivity index (χ4v) is 3.99. The molecule has 6 nitrogen and oxygen atoms in total. The molecule has 3 aromatic rings. The lowest BCUT2D eigenvalue weighted by Gasteiger charge is -2.16. The van der Waals surface area contributed by atoms with Gasteiger partial charge in [-0.2, -0.15) is 0 Å². The van der Waals surface area contributed by atoms with E-state index in [1.54, 1.807) is 37.4 Å². The molecule has 9 heteroatoms. The van der Waals surface area contributed by atoms with Crippen molar-refractivity contribution >= 4 is 40.9 Å². The van der Waals surface area contributed by atoms with E-state index < -0.39 is 0 Å². The molecule has 1 atom stereocenters. The molecule has 1 N–H and O–H groups in total. The molecule has 0 aliphatic heterocycles. The number of thioether (sulfide) groups is 1. The van der Waals surface area contributed by atoms with Crippen LogP contribution in [0.4, 0.5) is 0 Å². The molecule has 1 aromatic heterocycles. The Morgan fingerprint density at radius 1 is 1.21 bits per heavy atom. The van der Waals surface area contributed by atoms with Crippen LogP contribution in [-0.4, -0.2) is 39.6 Å². The third kappa shape index (κ3) is 4.86. The Morgan fingerprint density at radius 3 is 2.66 bits per heavy atom. The van der Waals surface area contributed by atoms with Gasteiger partial charge in [0.15, 0.2) is 11.0 Å². The molecule has 1 heterocycles. The van der Waals surface area contributed by atoms with E-state index in [-0.39, 0.29) is 11.2 Å². The number of nitrogens with zero attached hydrogens (tertiary/aromatic N) is 3. The third-order valence-electron chi connectivity index (χ3n) is 4.10. The molecule has 152 valence electrons. The second-order valence-corrected chi connectivity index (χ2v) is 8.30. The maximum absolute atomic E-state index is 12.2. The monoisotopic (exact) mass is 450 g/mol. The second kappa shape index (κ2) is 9.52. The van der Waals surface area contributed by atoms with Crippen molar-refractivity contribution in [1.29, 1.82) is 0 Å². The van der Waals surface area contributed by atoms with Crippen molar-refractivity contribution in [1.82, 2.24) is 20.1 Å². The third-order valence-corrected chi connectivity index (χ3v) is 5.61. The average Bonchev–Trinajstić information content (AvgIpc) is 3.11. The summed E-state index contributed by atoms with van der Waals surface area (Å²) in [6, 6.07) is 12.6. The fraction of sp³-hybridized carbons (Fsp3) is 0.250. The summed E-state index contributed by atoms with van der Waals surface area (Å²) < 4.78 is 7.37. The highest BCUT2D eigenvalue weighted by Gasteiger charge is 2.23. The van der Waals surface area contributed by atoms with E-state index in [1.165, 1.54) is 11.8 Å². The molecule has 29 heavy (non-hydrogen) atoms. The van der Waals surface area contributed by atoms with Crippen molar-refractivity contribution in [2.45, 2.75) is 24.3 Å². The zero-order valence-electron chi connectivity index (χ0n) is 16.1. The van der Waals surface area contributed by atoms with Crippen molar-refractivity contribution < 1.29 is 9.53 Å². The maximum Gasteiger partial charge on any atom is 0.233 e. The first-order valence-electron chi connectivity index (χ1n) is 8.94. The van der Waals surface area contributed by atoms with Crippen LogP contribution in [0.15, 0.2) is 47.6 Å². The van der Waals surface area contributed by atoms with Crippen LogP contribution in [0, 0.1) is 0 Å². The molecule has 0 aliphatic rings. The minimum atomic E-state index is -0.365. The first-order valence-corrected chi connectivity index (χ1v) is 10.6. The summed E-state index contributed by atoms with van der Waals surface area (Å²) in [4.78, 5) is 12.2. The van der Waals surface area contributed by atoms with Crippen LogP contribution in [-0.2, 0) is 4.79 Å². The summed E-state index contributed by atoms with van der Waals surface area (Å²) in [6.07, 6.45) is 0. The topological polar surface area (TPSA) is 69.0 Å². The predicted molar refractivity (Wildman–Crippen MR) is 117 cm³/mol. The number of nitrogens with one attached hydrogen (secondary N) is 1. The Hall–Kier alpha value is -2.22. The number of methoxy groups -OCH3 is 1. The number of ether oxygens (including phenoxy) is 1. The maximum atomic E-state index is 12.2. The van der Waals surface area contributed by atoms with E-state index in [1.807, 2.05) is 30.5 Å². The van der Waals surface area contributed by atoms with Crippen LogP contribution in [0.5, 0.6) is 5.75 Å². The first-order chi connectivity index (χ1) is 13.9. The number of rotatable bonds is 7. The van der Waals surface area contributed by atoms with E-state index in [0.717, 1.165) is 5.56 Å². The van der Waals surface area contributed by atoms with Crippen LogP contribution in [0.2, 0.25) is 10.0 Å². The molecule has 1 unspecified atom stereocenters. The van der Waals surface area contributed by atoms with Gasteiger partial charge in [0, 0.05) is 22.2 Å². The van der Waals surface area contributed by atoms with E-state index in [4.69, 9.17) is 27.9 Å². The molecular weight excluding hydrogens is 431 g/mol. The van der Waals surface area contributed by atoms with E-state index in [9.17, 15) is 4.79 Å². The molecule has 0 bridgehead atoms. The van der Waals surface area contributed by atoms with Gasteiger partial charge >= 0.3 is 0 Å². The molecule has 0 radical (unpaired) electrons. The molecule has 0 aliphatic carbocycles. The van der Waals surface area contributed by atoms with Crippen molar-refractivity contribution in [3.8, 4) is 22.8 Å². The number of hydrogen-bond acceptors (Lipinski definition) is 5. The Morgan fingerprint density at radius 2 is 1.97 bits per heavy atom. The van der Waals surface area contributed by atoms with Gasteiger partial charge in [-0.1, -0.05) is 47.1 Å². The van der Waals surface area contributed by atoms with Gasteiger partial charge in [-0.3, -0.25) is 9.36 Å². The number of benzene rings is 2. The lowest BCUT2D eigenvalue weighted by molar-refractivity contribution is -0.120. The van der Waals surface area contributed by atoms with Crippen LogP contribution in [0.25, 0.3) is 17.1 Å². The lowest BCUT2D eigenvalue weighted by atomic mass is 10.2. The minimum Gasteiger partial charge on any atom is -0.495 e. The van der Waals surface area contributed by atoms with Gasteiger partial charge in [-0.05, 0) is 44.2 Å². The Kier molecular flexibility index (Phi) is 7.05. The van der Waals surface area contributed by atoms with Crippen molar-refractivity contribution in [2.24, 2.45) is 0 Å². The largest absolute Gasteiger partial charge is 0.495 e. The standard InChI is InChI=1S/C20H20Cl2N4O2S/c1-4-23-19(27)12(2)29-20-25-24-18(13-6-5-7-14(21)10-13)26(20)16-11-15(22)8-9-17(16)28-3/h5-12H,4H2,1-3H3,(H,23,27). The van der Waals surface area contributed by atoms with E-state index in [2.05, 4.69) is 15.5 Å². The first kappa shape index (κ1) is 21.5. The van der Waals surface area contributed by atoms with E-state index in [0.29, 0.717) is 39.0 Å². The number of carbonyl (C=O) groups excluding carboxylic acids is 1. The zero-order chi connectivity index (χ0) is 21.0. The zero-order valence-corrected chi connectivity index (χ0v) is 18.5. The van der Waals surface area contributed by atoms with Crippen molar-refractivity contribution in [2.75, 3.05) is 13.7 Å². The van der Waals surface area contributed by atoms with Crippen LogP contribution in [0.1, 0.15) is 13.8 Å². The second-order valence-electron chi connectivity index (χ2n) is 6.12. The molecule has 2 aromatic carbocycles. The molecule has 0 fully saturated rings. The molecule has 1 amide bonds. The summed E-state index contributed by atoms with van der Waals surface area (Å²) in [5.41, 5.74) is 1.45. The van der Waals surface area contributed by atoms with Gasteiger partial charge in [0.2, 0.25) is 5.91 Å². The normalized spacial score (nSPS) is 11.9. The summed E-state index contributed by atoms with van der Waals surface area (Å²) >= 11 is 13.7. The SMILES string of the molecule is CCNC(=O)C(C)Sc1nnc(-c2cccc(Cl)c2)n1-c1cc(Cl)ccc1OC. The van der Waals surface area contributed by atoms with E-state index >= 15 is 0 Å². The van der Waals surface area contributed by atoms with Gasteiger partial charge < -0.3 is 10.1 Å². The van der Waals surface area contributed by atoms with Crippen LogP contribution >= 0.6 is 35.0 Å². The summed E-state index contributed by atoms with van der Waals surface area (Å²) in [6.45, 7) is 4.26. The highest BCUT2D eigenvalue weighted by molar-refractivity contribution is 8.00. The van der Waals surface area contributed by atoms with Crippen molar-refractivity contribution in [3.05, 3.63) is 52.5 Å². The number of hydrogen-bond donors (Lipinski definition) is 1. The lowest BCUT2D eigenvalue weighted by Crippen LogP contribution is -2.30. The molecule has 0 spiro atoms. The Labute approximate surface area is 183 Å². The number of carbonyl (C=O) groups is 1.